The van der Waals surface area contributed by atoms with Crippen molar-refractivity contribution in [1.29, 1.82) is 0 Å². The summed E-state index contributed by atoms with van der Waals surface area (Å²) in [5.74, 6) is 1.30. The van der Waals surface area contributed by atoms with Crippen molar-refractivity contribution in [1.82, 2.24) is 15.6 Å². The number of aromatic nitrogens is 1. The monoisotopic (exact) mass is 320 g/mol. The summed E-state index contributed by atoms with van der Waals surface area (Å²) in [4.78, 5) is 18.6. The van der Waals surface area contributed by atoms with Crippen LogP contribution in [0.1, 0.15) is 31.7 Å². The van der Waals surface area contributed by atoms with Crippen LogP contribution < -0.4 is 15.5 Å². The molecule has 3 N–H and O–H groups in total. The van der Waals surface area contributed by atoms with Crippen molar-refractivity contribution in [3.05, 3.63) is 23.9 Å². The van der Waals surface area contributed by atoms with E-state index < -0.39 is 0 Å². The van der Waals surface area contributed by atoms with Crippen LogP contribution in [-0.4, -0.2) is 48.4 Å². The molecule has 128 valence electrons. The molecule has 23 heavy (non-hydrogen) atoms. The van der Waals surface area contributed by atoms with Gasteiger partial charge < -0.3 is 20.6 Å². The highest BCUT2D eigenvalue weighted by atomic mass is 16.3. The fourth-order valence-corrected chi connectivity index (χ4v) is 2.73. The zero-order chi connectivity index (χ0) is 16.7. The Balaban J connectivity index is 1.70. The van der Waals surface area contributed by atoms with E-state index in [0.29, 0.717) is 18.9 Å². The Morgan fingerprint density at radius 1 is 1.43 bits per heavy atom. The van der Waals surface area contributed by atoms with Gasteiger partial charge in [-0.2, -0.15) is 0 Å². The first kappa shape index (κ1) is 17.5. The average molecular weight is 320 g/mol. The first-order chi connectivity index (χ1) is 11.1. The maximum absolute atomic E-state index is 11.9. The Hall–Kier alpha value is -1.82. The van der Waals surface area contributed by atoms with Gasteiger partial charge in [-0.25, -0.2) is 9.78 Å². The molecule has 1 fully saturated rings. The maximum Gasteiger partial charge on any atom is 0.315 e. The van der Waals surface area contributed by atoms with Crippen LogP contribution >= 0.6 is 0 Å². The number of nitrogens with one attached hydrogen (secondary N) is 2. The summed E-state index contributed by atoms with van der Waals surface area (Å²) in [5, 5.41) is 14.8. The van der Waals surface area contributed by atoms with Crippen LogP contribution in [0, 0.1) is 12.8 Å². The molecule has 1 unspecified atom stereocenters. The van der Waals surface area contributed by atoms with Crippen molar-refractivity contribution in [2.24, 2.45) is 5.92 Å². The zero-order valence-corrected chi connectivity index (χ0v) is 14.1. The maximum atomic E-state index is 11.9. The number of aliphatic hydroxyl groups is 1. The highest BCUT2D eigenvalue weighted by Crippen LogP contribution is 2.17. The van der Waals surface area contributed by atoms with E-state index in [-0.39, 0.29) is 18.7 Å². The van der Waals surface area contributed by atoms with Gasteiger partial charge in [-0.15, -0.1) is 0 Å². The second-order valence-electron chi connectivity index (χ2n) is 6.43. The molecule has 2 rings (SSSR count). The van der Waals surface area contributed by atoms with Crippen LogP contribution in [0.15, 0.2) is 18.3 Å². The van der Waals surface area contributed by atoms with Crippen molar-refractivity contribution in [3.8, 4) is 0 Å². The number of piperidine rings is 1. The Kier molecular flexibility index (Phi) is 6.65. The summed E-state index contributed by atoms with van der Waals surface area (Å²) < 4.78 is 0. The smallest absolute Gasteiger partial charge is 0.315 e. The number of rotatable bonds is 6. The van der Waals surface area contributed by atoms with Crippen molar-refractivity contribution in [2.45, 2.75) is 39.2 Å². The number of hydrogen-bond donors (Lipinski definition) is 3. The molecular weight excluding hydrogens is 292 g/mol. The summed E-state index contributed by atoms with van der Waals surface area (Å²) in [6, 6.07) is 4.23. The third-order valence-corrected chi connectivity index (χ3v) is 4.28. The van der Waals surface area contributed by atoms with E-state index in [9.17, 15) is 4.79 Å². The highest BCUT2D eigenvalue weighted by Gasteiger charge is 2.21. The second-order valence-corrected chi connectivity index (χ2v) is 6.43. The van der Waals surface area contributed by atoms with Gasteiger partial charge >= 0.3 is 6.03 Å². The summed E-state index contributed by atoms with van der Waals surface area (Å²) in [6.45, 7) is 6.62. The van der Waals surface area contributed by atoms with Gasteiger partial charge in [0, 0.05) is 38.5 Å². The molecule has 0 radical (unpaired) electrons. The van der Waals surface area contributed by atoms with Gasteiger partial charge in [0.25, 0.3) is 0 Å². The van der Waals surface area contributed by atoms with Crippen LogP contribution in [-0.2, 0) is 0 Å². The molecule has 0 spiro atoms. The summed E-state index contributed by atoms with van der Waals surface area (Å²) >= 11 is 0. The third kappa shape index (κ3) is 5.71. The Morgan fingerprint density at radius 2 is 2.17 bits per heavy atom. The highest BCUT2D eigenvalue weighted by molar-refractivity contribution is 5.74. The van der Waals surface area contributed by atoms with E-state index >= 15 is 0 Å². The van der Waals surface area contributed by atoms with E-state index in [1.165, 1.54) is 0 Å². The Bertz CT molecular complexity index is 484. The predicted octanol–water partition coefficient (Wildman–Crippen LogP) is 1.68. The molecule has 0 aliphatic carbocycles. The Morgan fingerprint density at radius 3 is 2.78 bits per heavy atom. The number of anilines is 1. The quantitative estimate of drug-likeness (QED) is 0.745. The molecule has 1 aliphatic heterocycles. The van der Waals surface area contributed by atoms with E-state index in [1.807, 2.05) is 20.0 Å². The van der Waals surface area contributed by atoms with Crippen LogP contribution in [0.4, 0.5) is 10.6 Å². The molecular formula is C17H28N4O2. The number of amides is 2. The number of hydrogen-bond acceptors (Lipinski definition) is 4. The molecule has 0 aromatic carbocycles. The lowest BCUT2D eigenvalue weighted by atomic mass is 10.1. The largest absolute Gasteiger partial charge is 0.396 e. The van der Waals surface area contributed by atoms with Gasteiger partial charge in [-0.1, -0.05) is 13.0 Å². The normalized spacial score (nSPS) is 16.9. The third-order valence-electron chi connectivity index (χ3n) is 4.28. The SMILES string of the molecule is Cc1ccc(N2CCC(NC(=O)NCC(C)CCO)CC2)nc1. The minimum atomic E-state index is -0.110. The number of aliphatic hydroxyl groups excluding tert-OH is 1. The lowest BCUT2D eigenvalue weighted by molar-refractivity contribution is 0.228. The standard InChI is InChI=1S/C17H28N4O2/c1-13-3-4-16(18-11-13)21-8-5-15(6-9-21)20-17(23)19-12-14(2)7-10-22/h3-4,11,14-15,22H,5-10,12H2,1-2H3,(H2,19,20,23). The molecule has 6 nitrogen and oxygen atoms in total. The molecule has 1 atom stereocenters. The number of urea groups is 1. The number of carbonyl (C=O) groups is 1. The van der Waals surface area contributed by atoms with Crippen LogP contribution in [0.3, 0.4) is 0 Å². The first-order valence-corrected chi connectivity index (χ1v) is 8.41. The molecule has 1 aromatic rings. The van der Waals surface area contributed by atoms with Gasteiger partial charge in [-0.05, 0) is 43.7 Å². The lowest BCUT2D eigenvalue weighted by Crippen LogP contribution is -2.48. The van der Waals surface area contributed by atoms with Gasteiger partial charge in [0.1, 0.15) is 5.82 Å². The second kappa shape index (κ2) is 8.72. The molecule has 0 saturated carbocycles. The van der Waals surface area contributed by atoms with Crippen LogP contribution in [0.5, 0.6) is 0 Å². The van der Waals surface area contributed by atoms with E-state index in [4.69, 9.17) is 5.11 Å². The van der Waals surface area contributed by atoms with Crippen LogP contribution in [0.2, 0.25) is 0 Å². The minimum Gasteiger partial charge on any atom is -0.396 e. The number of carbonyl (C=O) groups excluding carboxylic acids is 1. The molecule has 6 heteroatoms. The molecule has 1 aromatic heterocycles. The van der Waals surface area contributed by atoms with Crippen molar-refractivity contribution >= 4 is 11.8 Å². The zero-order valence-electron chi connectivity index (χ0n) is 14.1. The molecule has 1 aliphatic rings. The average Bonchev–Trinajstić information content (AvgIpc) is 2.55. The molecule has 0 bridgehead atoms. The van der Waals surface area contributed by atoms with Gasteiger partial charge in [0.2, 0.25) is 0 Å². The van der Waals surface area contributed by atoms with Crippen molar-refractivity contribution < 1.29 is 9.90 Å². The molecule has 2 heterocycles. The molecule has 2 amide bonds. The van der Waals surface area contributed by atoms with E-state index in [1.54, 1.807) is 0 Å². The number of nitrogens with zero attached hydrogens (tertiary/aromatic N) is 2. The van der Waals surface area contributed by atoms with Gasteiger partial charge in [0.15, 0.2) is 0 Å². The summed E-state index contributed by atoms with van der Waals surface area (Å²) in [5.41, 5.74) is 1.16. The first-order valence-electron chi connectivity index (χ1n) is 8.41. The topological polar surface area (TPSA) is 77.5 Å². The lowest BCUT2D eigenvalue weighted by Gasteiger charge is -2.33. The minimum absolute atomic E-state index is 0.110. The fraction of sp³-hybridized carbons (Fsp3) is 0.647. The number of aryl methyl sites for hydroxylation is 1. The van der Waals surface area contributed by atoms with Gasteiger partial charge in [0.05, 0.1) is 0 Å². The van der Waals surface area contributed by atoms with E-state index in [2.05, 4.69) is 32.7 Å². The van der Waals surface area contributed by atoms with Crippen LogP contribution in [0.25, 0.3) is 0 Å². The van der Waals surface area contributed by atoms with Crippen molar-refractivity contribution in [3.63, 3.8) is 0 Å². The van der Waals surface area contributed by atoms with E-state index in [0.717, 1.165) is 37.3 Å². The van der Waals surface area contributed by atoms with Gasteiger partial charge in [-0.3, -0.25) is 0 Å². The fourth-order valence-electron chi connectivity index (χ4n) is 2.73. The molecule has 1 saturated heterocycles. The summed E-state index contributed by atoms with van der Waals surface area (Å²) in [7, 11) is 0. The Labute approximate surface area is 138 Å². The van der Waals surface area contributed by atoms with Crippen molar-refractivity contribution in [2.75, 3.05) is 31.1 Å². The predicted molar refractivity (Wildman–Crippen MR) is 91.6 cm³/mol. The number of pyridine rings is 1. The summed E-state index contributed by atoms with van der Waals surface area (Å²) in [6.07, 6.45) is 4.45.